The average molecular weight is 306 g/mol. The molecular weight excluding hydrogens is 286 g/mol. The van der Waals surface area contributed by atoms with Gasteiger partial charge in [-0.15, -0.1) is 0 Å². The van der Waals surface area contributed by atoms with Gasteiger partial charge in [0, 0.05) is 11.4 Å². The van der Waals surface area contributed by atoms with E-state index in [1.165, 1.54) is 0 Å². The maximum absolute atomic E-state index is 6.11. The Morgan fingerprint density at radius 1 is 0.952 bits per heavy atom. The molecule has 0 aliphatic carbocycles. The number of hydrogen-bond donors (Lipinski definition) is 1. The molecule has 0 aliphatic heterocycles. The fourth-order valence-corrected chi connectivity index (χ4v) is 2.13. The molecule has 0 heterocycles. The number of hydrogen-bond acceptors (Lipinski definition) is 3. The Hall–Kier alpha value is -1.87. The molecule has 21 heavy (non-hydrogen) atoms. The first kappa shape index (κ1) is 15.5. The van der Waals surface area contributed by atoms with Gasteiger partial charge >= 0.3 is 0 Å². The Labute approximate surface area is 130 Å². The summed E-state index contributed by atoms with van der Waals surface area (Å²) in [7, 11) is 1.60. The number of rotatable bonds is 4. The van der Waals surface area contributed by atoms with Gasteiger partial charge in [0.25, 0.3) is 0 Å². The zero-order chi connectivity index (χ0) is 15.5. The first-order chi connectivity index (χ1) is 9.87. The van der Waals surface area contributed by atoms with E-state index in [1.54, 1.807) is 7.11 Å². The van der Waals surface area contributed by atoms with Gasteiger partial charge in [-0.05, 0) is 63.2 Å². The number of ether oxygens (including phenoxy) is 2. The first-order valence-electron chi connectivity index (χ1n) is 6.77. The summed E-state index contributed by atoms with van der Waals surface area (Å²) < 4.78 is 10.9. The van der Waals surface area contributed by atoms with Gasteiger partial charge in [-0.1, -0.05) is 11.6 Å². The van der Waals surface area contributed by atoms with Crippen LogP contribution >= 0.6 is 11.6 Å². The molecule has 0 atom stereocenters. The predicted octanol–water partition coefficient (Wildman–Crippen LogP) is 5.27. The summed E-state index contributed by atoms with van der Waals surface area (Å²) in [5.74, 6) is 1.51. The van der Waals surface area contributed by atoms with Crippen LogP contribution in [0.4, 0.5) is 11.4 Å². The van der Waals surface area contributed by atoms with Crippen molar-refractivity contribution in [3.05, 3.63) is 47.5 Å². The van der Waals surface area contributed by atoms with E-state index >= 15 is 0 Å². The summed E-state index contributed by atoms with van der Waals surface area (Å²) in [4.78, 5) is 0. The summed E-state index contributed by atoms with van der Waals surface area (Å²) in [6.45, 7) is 6.08. The van der Waals surface area contributed by atoms with Crippen LogP contribution in [0.25, 0.3) is 0 Å². The van der Waals surface area contributed by atoms with Gasteiger partial charge in [-0.25, -0.2) is 0 Å². The van der Waals surface area contributed by atoms with Gasteiger partial charge in [-0.2, -0.15) is 0 Å². The largest absolute Gasteiger partial charge is 0.495 e. The van der Waals surface area contributed by atoms with Crippen LogP contribution in [-0.2, 0) is 0 Å². The van der Waals surface area contributed by atoms with Crippen molar-refractivity contribution >= 4 is 23.0 Å². The Morgan fingerprint density at radius 2 is 1.57 bits per heavy atom. The number of anilines is 2. The molecule has 1 N–H and O–H groups in total. The van der Waals surface area contributed by atoms with Crippen molar-refractivity contribution in [2.75, 3.05) is 12.4 Å². The molecule has 0 amide bonds. The summed E-state index contributed by atoms with van der Waals surface area (Å²) in [5.41, 5.74) is 1.68. The minimum Gasteiger partial charge on any atom is -0.495 e. The number of halogens is 1. The molecule has 0 aliphatic rings. The normalized spacial score (nSPS) is 11.1. The fraction of sp³-hybridized carbons (Fsp3) is 0.294. The molecule has 0 radical (unpaired) electrons. The molecule has 0 spiro atoms. The standard InChI is InChI=1S/C17H20ClNO2/c1-17(2,3)21-14-8-5-12(6-9-14)19-13-7-10-16(20-4)15(18)11-13/h5-11,19H,1-4H3. The molecule has 0 bridgehead atoms. The van der Waals surface area contributed by atoms with Crippen LogP contribution in [-0.4, -0.2) is 12.7 Å². The molecule has 0 aromatic heterocycles. The minimum absolute atomic E-state index is 0.196. The van der Waals surface area contributed by atoms with Crippen molar-refractivity contribution < 1.29 is 9.47 Å². The summed E-state index contributed by atoms with van der Waals surface area (Å²) in [6.07, 6.45) is 0. The topological polar surface area (TPSA) is 30.5 Å². The van der Waals surface area contributed by atoms with Gasteiger partial charge < -0.3 is 14.8 Å². The molecule has 0 fully saturated rings. The lowest BCUT2D eigenvalue weighted by molar-refractivity contribution is 0.131. The van der Waals surface area contributed by atoms with Gasteiger partial charge in [0.05, 0.1) is 12.1 Å². The molecule has 2 aromatic rings. The van der Waals surface area contributed by atoms with Crippen LogP contribution in [0.1, 0.15) is 20.8 Å². The Bertz CT molecular complexity index is 603. The van der Waals surface area contributed by atoms with Crippen LogP contribution in [0.3, 0.4) is 0 Å². The monoisotopic (exact) mass is 305 g/mol. The second-order valence-corrected chi connectivity index (χ2v) is 6.12. The second kappa shape index (κ2) is 6.27. The molecule has 2 aromatic carbocycles. The van der Waals surface area contributed by atoms with Crippen LogP contribution in [0.15, 0.2) is 42.5 Å². The lowest BCUT2D eigenvalue weighted by Gasteiger charge is -2.21. The number of methoxy groups -OCH3 is 1. The third-order valence-corrected chi connectivity index (χ3v) is 3.01. The highest BCUT2D eigenvalue weighted by Crippen LogP contribution is 2.29. The van der Waals surface area contributed by atoms with Gasteiger partial charge in [0.2, 0.25) is 0 Å². The summed E-state index contributed by atoms with van der Waals surface area (Å²) in [6, 6.07) is 13.4. The Balaban J connectivity index is 2.08. The molecular formula is C17H20ClNO2. The highest BCUT2D eigenvalue weighted by molar-refractivity contribution is 6.32. The van der Waals surface area contributed by atoms with E-state index in [1.807, 2.05) is 63.2 Å². The van der Waals surface area contributed by atoms with Crippen molar-refractivity contribution in [2.45, 2.75) is 26.4 Å². The lowest BCUT2D eigenvalue weighted by Crippen LogP contribution is -2.22. The molecule has 4 heteroatoms. The van der Waals surface area contributed by atoms with Crippen molar-refractivity contribution in [3.63, 3.8) is 0 Å². The first-order valence-corrected chi connectivity index (χ1v) is 7.15. The maximum Gasteiger partial charge on any atom is 0.137 e. The van der Waals surface area contributed by atoms with Crippen molar-refractivity contribution in [1.29, 1.82) is 0 Å². The number of benzene rings is 2. The van der Waals surface area contributed by atoms with Crippen LogP contribution in [0, 0.1) is 0 Å². The van der Waals surface area contributed by atoms with E-state index in [4.69, 9.17) is 21.1 Å². The van der Waals surface area contributed by atoms with E-state index in [0.29, 0.717) is 10.8 Å². The van der Waals surface area contributed by atoms with E-state index < -0.39 is 0 Å². The molecule has 0 saturated carbocycles. The highest BCUT2D eigenvalue weighted by Gasteiger charge is 2.11. The zero-order valence-electron chi connectivity index (χ0n) is 12.7. The third kappa shape index (κ3) is 4.57. The molecule has 0 unspecified atom stereocenters. The predicted molar refractivity (Wildman–Crippen MR) is 88.1 cm³/mol. The Morgan fingerprint density at radius 3 is 2.10 bits per heavy atom. The smallest absolute Gasteiger partial charge is 0.137 e. The van der Waals surface area contributed by atoms with Gasteiger partial charge in [0.1, 0.15) is 17.1 Å². The van der Waals surface area contributed by atoms with Crippen LogP contribution < -0.4 is 14.8 Å². The zero-order valence-corrected chi connectivity index (χ0v) is 13.5. The van der Waals surface area contributed by atoms with E-state index in [2.05, 4.69) is 5.32 Å². The van der Waals surface area contributed by atoms with E-state index in [0.717, 1.165) is 17.1 Å². The highest BCUT2D eigenvalue weighted by atomic mass is 35.5. The molecule has 3 nitrogen and oxygen atoms in total. The minimum atomic E-state index is -0.196. The van der Waals surface area contributed by atoms with E-state index in [9.17, 15) is 0 Å². The average Bonchev–Trinajstić information content (AvgIpc) is 2.40. The lowest BCUT2D eigenvalue weighted by atomic mass is 10.2. The number of nitrogens with one attached hydrogen (secondary N) is 1. The summed E-state index contributed by atoms with van der Waals surface area (Å²) >= 11 is 6.11. The van der Waals surface area contributed by atoms with Gasteiger partial charge in [-0.3, -0.25) is 0 Å². The van der Waals surface area contributed by atoms with Crippen molar-refractivity contribution in [2.24, 2.45) is 0 Å². The molecule has 0 saturated heterocycles. The van der Waals surface area contributed by atoms with E-state index in [-0.39, 0.29) is 5.60 Å². The van der Waals surface area contributed by atoms with Crippen molar-refractivity contribution in [3.8, 4) is 11.5 Å². The summed E-state index contributed by atoms with van der Waals surface area (Å²) in [5, 5.41) is 3.87. The quantitative estimate of drug-likeness (QED) is 0.834. The van der Waals surface area contributed by atoms with Crippen molar-refractivity contribution in [1.82, 2.24) is 0 Å². The third-order valence-electron chi connectivity index (χ3n) is 2.72. The van der Waals surface area contributed by atoms with Crippen LogP contribution in [0.5, 0.6) is 11.5 Å². The Kier molecular flexibility index (Phi) is 4.63. The molecule has 2 rings (SSSR count). The fourth-order valence-electron chi connectivity index (χ4n) is 1.87. The second-order valence-electron chi connectivity index (χ2n) is 5.71. The van der Waals surface area contributed by atoms with Crippen LogP contribution in [0.2, 0.25) is 5.02 Å². The SMILES string of the molecule is COc1ccc(Nc2ccc(OC(C)(C)C)cc2)cc1Cl. The molecule has 112 valence electrons. The van der Waals surface area contributed by atoms with Gasteiger partial charge in [0.15, 0.2) is 0 Å². The maximum atomic E-state index is 6.11.